The predicted molar refractivity (Wildman–Crippen MR) is 90.7 cm³/mol. The molecule has 4 heteroatoms. The molecule has 2 aliphatic rings. The molecule has 0 saturated carbocycles. The summed E-state index contributed by atoms with van der Waals surface area (Å²) in [6.07, 6.45) is 5.66. The quantitative estimate of drug-likeness (QED) is 0.811. The summed E-state index contributed by atoms with van der Waals surface area (Å²) in [4.78, 5) is 7.25. The number of hydrogen-bond donors (Lipinski definition) is 0. The maximum Gasteiger partial charge on any atom is 0.198 e. The molecular formula is C19H24N2O2. The summed E-state index contributed by atoms with van der Waals surface area (Å²) in [7, 11) is 0. The summed E-state index contributed by atoms with van der Waals surface area (Å²) >= 11 is 0. The molecule has 2 aliphatic heterocycles. The van der Waals surface area contributed by atoms with E-state index in [1.54, 1.807) is 0 Å². The van der Waals surface area contributed by atoms with Gasteiger partial charge in [0, 0.05) is 12.5 Å². The van der Waals surface area contributed by atoms with E-state index in [0.29, 0.717) is 5.92 Å². The van der Waals surface area contributed by atoms with Gasteiger partial charge in [-0.05, 0) is 56.5 Å². The number of nitrogens with zero attached hydrogens (tertiary/aromatic N) is 2. The highest BCUT2D eigenvalue weighted by Gasteiger charge is 2.25. The summed E-state index contributed by atoms with van der Waals surface area (Å²) in [5.41, 5.74) is 4.55. The van der Waals surface area contributed by atoms with Gasteiger partial charge in [-0.3, -0.25) is 4.90 Å². The van der Waals surface area contributed by atoms with Gasteiger partial charge in [-0.15, -0.1) is 0 Å². The van der Waals surface area contributed by atoms with Crippen molar-refractivity contribution in [2.24, 2.45) is 0 Å². The number of rotatable bonds is 3. The molecule has 0 bridgehead atoms. The van der Waals surface area contributed by atoms with Crippen LogP contribution < -0.4 is 0 Å². The van der Waals surface area contributed by atoms with Crippen LogP contribution in [0.4, 0.5) is 0 Å². The van der Waals surface area contributed by atoms with E-state index >= 15 is 0 Å². The van der Waals surface area contributed by atoms with Crippen molar-refractivity contribution >= 4 is 11.1 Å². The molecule has 3 heterocycles. The summed E-state index contributed by atoms with van der Waals surface area (Å²) in [6, 6.07) is 6.17. The molecule has 0 amide bonds. The van der Waals surface area contributed by atoms with Gasteiger partial charge in [0.05, 0.1) is 13.2 Å². The average Bonchev–Trinajstić information content (AvgIpc) is 3.02. The van der Waals surface area contributed by atoms with Crippen molar-refractivity contribution in [1.82, 2.24) is 9.88 Å². The van der Waals surface area contributed by atoms with Gasteiger partial charge in [-0.1, -0.05) is 18.2 Å². The van der Waals surface area contributed by atoms with Crippen LogP contribution in [-0.4, -0.2) is 42.7 Å². The lowest BCUT2D eigenvalue weighted by atomic mass is 9.96. The zero-order chi connectivity index (χ0) is 15.6. The Morgan fingerprint density at radius 3 is 2.87 bits per heavy atom. The largest absolute Gasteiger partial charge is 0.440 e. The number of likely N-dealkylation sites (tertiary alicyclic amines) is 1. The fourth-order valence-electron chi connectivity index (χ4n) is 3.62. The zero-order valence-corrected chi connectivity index (χ0v) is 13.8. The van der Waals surface area contributed by atoms with Crippen molar-refractivity contribution < 1.29 is 9.15 Å². The zero-order valence-electron chi connectivity index (χ0n) is 13.8. The molecule has 0 unspecified atom stereocenters. The number of aryl methyl sites for hydroxylation is 1. The highest BCUT2D eigenvalue weighted by atomic mass is 16.5. The van der Waals surface area contributed by atoms with Gasteiger partial charge in [0.15, 0.2) is 11.5 Å². The van der Waals surface area contributed by atoms with Gasteiger partial charge in [-0.25, -0.2) is 4.98 Å². The van der Waals surface area contributed by atoms with E-state index in [9.17, 15) is 0 Å². The Kier molecular flexibility index (Phi) is 4.19. The van der Waals surface area contributed by atoms with E-state index in [1.165, 1.54) is 11.1 Å². The molecule has 1 saturated heterocycles. The van der Waals surface area contributed by atoms with Crippen LogP contribution in [0.5, 0.6) is 0 Å². The second-order valence-electron chi connectivity index (χ2n) is 6.73. The minimum atomic E-state index is 0.453. The molecule has 2 aromatic rings. The summed E-state index contributed by atoms with van der Waals surface area (Å²) in [5, 5.41) is 0. The highest BCUT2D eigenvalue weighted by molar-refractivity contribution is 5.76. The van der Waals surface area contributed by atoms with Crippen LogP contribution in [0.25, 0.3) is 11.1 Å². The molecule has 4 rings (SSSR count). The highest BCUT2D eigenvalue weighted by Crippen LogP contribution is 2.31. The lowest BCUT2D eigenvalue weighted by Gasteiger charge is -2.31. The van der Waals surface area contributed by atoms with Gasteiger partial charge >= 0.3 is 0 Å². The van der Waals surface area contributed by atoms with Gasteiger partial charge < -0.3 is 9.15 Å². The van der Waals surface area contributed by atoms with Crippen molar-refractivity contribution in [3.8, 4) is 0 Å². The monoisotopic (exact) mass is 312 g/mol. The van der Waals surface area contributed by atoms with E-state index in [2.05, 4.69) is 24.0 Å². The molecule has 0 atom stereocenters. The van der Waals surface area contributed by atoms with Crippen LogP contribution in [0.1, 0.15) is 36.6 Å². The standard InChI is InChI=1S/C19H24N2O2/c1-14-4-2-6-17-18(14)23-19(20-17)16-7-9-21(10-8-16)12-15-5-3-11-22-13-15/h2,4-6,16H,3,7-13H2,1H3. The Balaban J connectivity index is 1.40. The molecule has 1 fully saturated rings. The van der Waals surface area contributed by atoms with Crippen molar-refractivity contribution in [3.05, 3.63) is 41.3 Å². The number of aromatic nitrogens is 1. The number of ether oxygens (including phenoxy) is 1. The van der Waals surface area contributed by atoms with Crippen LogP contribution >= 0.6 is 0 Å². The Morgan fingerprint density at radius 1 is 1.26 bits per heavy atom. The molecule has 4 nitrogen and oxygen atoms in total. The molecule has 0 spiro atoms. The molecule has 122 valence electrons. The van der Waals surface area contributed by atoms with Crippen molar-refractivity contribution in [2.45, 2.75) is 32.1 Å². The first kappa shape index (κ1) is 14.9. The Bertz CT molecular complexity index is 711. The first-order valence-electron chi connectivity index (χ1n) is 8.63. The Labute approximate surface area is 137 Å². The summed E-state index contributed by atoms with van der Waals surface area (Å²) in [5.74, 6) is 1.38. The lowest BCUT2D eigenvalue weighted by Crippen LogP contribution is -2.35. The third kappa shape index (κ3) is 3.19. The fraction of sp³-hybridized carbons (Fsp3) is 0.526. The van der Waals surface area contributed by atoms with Gasteiger partial charge in [0.2, 0.25) is 0 Å². The van der Waals surface area contributed by atoms with Crippen LogP contribution in [0.3, 0.4) is 0 Å². The number of oxazole rings is 1. The van der Waals surface area contributed by atoms with E-state index in [1.807, 2.05) is 12.1 Å². The molecular weight excluding hydrogens is 288 g/mol. The van der Waals surface area contributed by atoms with E-state index < -0.39 is 0 Å². The van der Waals surface area contributed by atoms with Crippen LogP contribution in [0, 0.1) is 6.92 Å². The summed E-state index contributed by atoms with van der Waals surface area (Å²) < 4.78 is 11.6. The number of piperidine rings is 1. The molecule has 1 aromatic heterocycles. The topological polar surface area (TPSA) is 38.5 Å². The Morgan fingerprint density at radius 2 is 2.13 bits per heavy atom. The molecule has 1 aromatic carbocycles. The molecule has 0 N–H and O–H groups in total. The third-order valence-electron chi connectivity index (χ3n) is 4.97. The Hall–Kier alpha value is -1.65. The van der Waals surface area contributed by atoms with Gasteiger partial charge in [0.25, 0.3) is 0 Å². The first-order chi connectivity index (χ1) is 11.3. The SMILES string of the molecule is Cc1cccc2nc(C3CCN(CC4=CCCOC4)CC3)oc12. The van der Waals surface area contributed by atoms with Crippen molar-refractivity contribution in [2.75, 3.05) is 32.8 Å². The normalized spacial score (nSPS) is 20.8. The molecule has 0 radical (unpaired) electrons. The number of hydrogen-bond acceptors (Lipinski definition) is 4. The smallest absolute Gasteiger partial charge is 0.198 e. The second kappa shape index (κ2) is 6.46. The molecule has 23 heavy (non-hydrogen) atoms. The van der Waals surface area contributed by atoms with E-state index in [4.69, 9.17) is 14.1 Å². The number of fused-ring (bicyclic) bond motifs is 1. The minimum Gasteiger partial charge on any atom is -0.440 e. The van der Waals surface area contributed by atoms with Crippen LogP contribution in [0.15, 0.2) is 34.3 Å². The maximum absolute atomic E-state index is 6.06. The van der Waals surface area contributed by atoms with Crippen molar-refractivity contribution in [3.63, 3.8) is 0 Å². The van der Waals surface area contributed by atoms with Gasteiger partial charge in [-0.2, -0.15) is 0 Å². The third-order valence-corrected chi connectivity index (χ3v) is 4.97. The van der Waals surface area contributed by atoms with Crippen LogP contribution in [0.2, 0.25) is 0 Å². The van der Waals surface area contributed by atoms with Crippen LogP contribution in [-0.2, 0) is 4.74 Å². The number of para-hydroxylation sites is 1. The van der Waals surface area contributed by atoms with Gasteiger partial charge in [0.1, 0.15) is 5.52 Å². The van der Waals surface area contributed by atoms with E-state index in [0.717, 1.165) is 69.1 Å². The number of benzene rings is 1. The average molecular weight is 312 g/mol. The fourth-order valence-corrected chi connectivity index (χ4v) is 3.62. The first-order valence-corrected chi connectivity index (χ1v) is 8.63. The summed E-state index contributed by atoms with van der Waals surface area (Å²) in [6.45, 7) is 7.05. The second-order valence-corrected chi connectivity index (χ2v) is 6.73. The molecule has 0 aliphatic carbocycles. The predicted octanol–water partition coefficient (Wildman–Crippen LogP) is 3.66. The van der Waals surface area contributed by atoms with E-state index in [-0.39, 0.29) is 0 Å². The van der Waals surface area contributed by atoms with Crippen molar-refractivity contribution in [1.29, 1.82) is 0 Å². The minimum absolute atomic E-state index is 0.453. The lowest BCUT2D eigenvalue weighted by molar-refractivity contribution is 0.137. The maximum atomic E-state index is 6.06.